The van der Waals surface area contributed by atoms with E-state index in [-0.39, 0.29) is 0 Å². The van der Waals surface area contributed by atoms with Crippen LogP contribution in [0.25, 0.3) is 11.9 Å². The summed E-state index contributed by atoms with van der Waals surface area (Å²) in [5.41, 5.74) is 0.964. The molecule has 0 unspecified atom stereocenters. The molecule has 0 N–H and O–H groups in total. The van der Waals surface area contributed by atoms with Crippen LogP contribution in [-0.4, -0.2) is 19.7 Å². The summed E-state index contributed by atoms with van der Waals surface area (Å²) in [6.45, 7) is 3.65. The van der Waals surface area contributed by atoms with Gasteiger partial charge in [0.15, 0.2) is 5.82 Å². The Morgan fingerprint density at radius 2 is 2.23 bits per heavy atom. The molecule has 64 valence electrons. The van der Waals surface area contributed by atoms with Gasteiger partial charge in [0.05, 0.1) is 12.4 Å². The van der Waals surface area contributed by atoms with Crippen molar-refractivity contribution in [3.8, 4) is 5.82 Å². The fourth-order valence-electron chi connectivity index (χ4n) is 0.977. The zero-order valence-corrected chi connectivity index (χ0v) is 6.96. The Morgan fingerprint density at radius 1 is 1.31 bits per heavy atom. The fourth-order valence-corrected chi connectivity index (χ4v) is 0.977. The van der Waals surface area contributed by atoms with Crippen LogP contribution in [0.3, 0.4) is 0 Å². The minimum atomic E-state index is 0.704. The van der Waals surface area contributed by atoms with Crippen LogP contribution in [0.2, 0.25) is 0 Å². The molecule has 0 spiro atoms. The van der Waals surface area contributed by atoms with Gasteiger partial charge in [-0.25, -0.2) is 9.67 Å². The average Bonchev–Trinajstić information content (AvgIpc) is 2.67. The Hall–Kier alpha value is -1.97. The number of rotatable bonds is 2. The maximum Gasteiger partial charge on any atom is 0.171 e. The van der Waals surface area contributed by atoms with E-state index in [1.165, 1.54) is 0 Å². The summed E-state index contributed by atoms with van der Waals surface area (Å²) < 4.78 is 1.66. The summed E-state index contributed by atoms with van der Waals surface area (Å²) in [7, 11) is 0. The van der Waals surface area contributed by atoms with Gasteiger partial charge in [0.25, 0.3) is 0 Å². The van der Waals surface area contributed by atoms with E-state index in [0.29, 0.717) is 5.82 Å². The van der Waals surface area contributed by atoms with E-state index in [0.717, 1.165) is 5.56 Å². The molecule has 4 heteroatoms. The lowest BCUT2D eigenvalue weighted by atomic mass is 10.4. The lowest BCUT2D eigenvalue weighted by Gasteiger charge is -1.96. The SMILES string of the molecule is C=Cc1cnn(-c2cnccn2)c1. The second-order valence-corrected chi connectivity index (χ2v) is 2.49. The summed E-state index contributed by atoms with van der Waals surface area (Å²) in [4.78, 5) is 8.05. The Morgan fingerprint density at radius 3 is 2.85 bits per heavy atom. The van der Waals surface area contributed by atoms with Gasteiger partial charge in [-0.15, -0.1) is 0 Å². The largest absolute Gasteiger partial charge is 0.259 e. The number of hydrogen-bond acceptors (Lipinski definition) is 3. The third-order valence-electron chi connectivity index (χ3n) is 1.62. The van der Waals surface area contributed by atoms with Gasteiger partial charge < -0.3 is 0 Å². The predicted octanol–water partition coefficient (Wildman–Crippen LogP) is 1.31. The van der Waals surface area contributed by atoms with Crippen LogP contribution in [0.15, 0.2) is 37.6 Å². The normalized spacial score (nSPS) is 9.85. The zero-order chi connectivity index (χ0) is 9.10. The summed E-state index contributed by atoms with van der Waals surface area (Å²) >= 11 is 0. The molecule has 0 radical (unpaired) electrons. The minimum absolute atomic E-state index is 0.704. The Kier molecular flexibility index (Phi) is 1.88. The molecule has 0 aliphatic carbocycles. The van der Waals surface area contributed by atoms with Crippen molar-refractivity contribution in [2.45, 2.75) is 0 Å². The molecular weight excluding hydrogens is 164 g/mol. The zero-order valence-electron chi connectivity index (χ0n) is 6.96. The highest BCUT2D eigenvalue weighted by Gasteiger charge is 1.97. The van der Waals surface area contributed by atoms with Crippen molar-refractivity contribution in [3.05, 3.63) is 43.1 Å². The minimum Gasteiger partial charge on any atom is -0.259 e. The van der Waals surface area contributed by atoms with Gasteiger partial charge in [0.2, 0.25) is 0 Å². The highest BCUT2D eigenvalue weighted by Crippen LogP contribution is 2.03. The lowest BCUT2D eigenvalue weighted by molar-refractivity contribution is 0.838. The van der Waals surface area contributed by atoms with Crippen molar-refractivity contribution in [1.29, 1.82) is 0 Å². The standard InChI is InChI=1S/C9H8N4/c1-2-8-5-12-13(7-8)9-6-10-3-4-11-9/h2-7H,1H2. The molecule has 0 bridgehead atoms. The van der Waals surface area contributed by atoms with Gasteiger partial charge in [-0.2, -0.15) is 5.10 Å². The van der Waals surface area contributed by atoms with Crippen molar-refractivity contribution in [3.63, 3.8) is 0 Å². The molecule has 0 atom stereocenters. The Balaban J connectivity index is 2.41. The van der Waals surface area contributed by atoms with E-state index in [1.807, 2.05) is 6.20 Å². The van der Waals surface area contributed by atoms with Crippen LogP contribution in [-0.2, 0) is 0 Å². The second kappa shape index (κ2) is 3.18. The van der Waals surface area contributed by atoms with Gasteiger partial charge >= 0.3 is 0 Å². The first-order valence-electron chi connectivity index (χ1n) is 3.83. The van der Waals surface area contributed by atoms with Crippen LogP contribution >= 0.6 is 0 Å². The van der Waals surface area contributed by atoms with E-state index >= 15 is 0 Å². The number of aromatic nitrogens is 4. The molecule has 0 aliphatic heterocycles. The predicted molar refractivity (Wildman–Crippen MR) is 49.2 cm³/mol. The second-order valence-electron chi connectivity index (χ2n) is 2.49. The molecule has 2 aromatic heterocycles. The smallest absolute Gasteiger partial charge is 0.171 e. The first kappa shape index (κ1) is 7.67. The lowest BCUT2D eigenvalue weighted by Crippen LogP contribution is -1.97. The molecular formula is C9H8N4. The van der Waals surface area contributed by atoms with Crippen LogP contribution < -0.4 is 0 Å². The van der Waals surface area contributed by atoms with Gasteiger partial charge in [-0.3, -0.25) is 4.98 Å². The van der Waals surface area contributed by atoms with E-state index < -0.39 is 0 Å². The average molecular weight is 172 g/mol. The third-order valence-corrected chi connectivity index (χ3v) is 1.62. The van der Waals surface area contributed by atoms with E-state index in [9.17, 15) is 0 Å². The van der Waals surface area contributed by atoms with Gasteiger partial charge in [-0.05, 0) is 0 Å². The maximum absolute atomic E-state index is 4.10. The summed E-state index contributed by atoms with van der Waals surface area (Å²) in [5.74, 6) is 0.704. The van der Waals surface area contributed by atoms with Crippen molar-refractivity contribution < 1.29 is 0 Å². The number of hydrogen-bond donors (Lipinski definition) is 0. The summed E-state index contributed by atoms with van der Waals surface area (Å²) in [6.07, 6.45) is 10.2. The van der Waals surface area contributed by atoms with Crippen molar-refractivity contribution in [2.75, 3.05) is 0 Å². The molecule has 2 rings (SSSR count). The molecule has 4 nitrogen and oxygen atoms in total. The molecule has 2 heterocycles. The highest BCUT2D eigenvalue weighted by molar-refractivity contribution is 5.44. The molecule has 0 fully saturated rings. The maximum atomic E-state index is 4.10. The van der Waals surface area contributed by atoms with Gasteiger partial charge in [0, 0.05) is 24.2 Å². The molecule has 13 heavy (non-hydrogen) atoms. The Labute approximate surface area is 75.6 Å². The summed E-state index contributed by atoms with van der Waals surface area (Å²) in [5, 5.41) is 4.10. The van der Waals surface area contributed by atoms with Crippen molar-refractivity contribution >= 4 is 6.08 Å². The molecule has 0 aromatic carbocycles. The molecule has 0 amide bonds. The molecule has 2 aromatic rings. The quantitative estimate of drug-likeness (QED) is 0.685. The van der Waals surface area contributed by atoms with Gasteiger partial charge in [-0.1, -0.05) is 12.7 Å². The van der Waals surface area contributed by atoms with Crippen LogP contribution in [0.4, 0.5) is 0 Å². The van der Waals surface area contributed by atoms with Crippen LogP contribution in [0.1, 0.15) is 5.56 Å². The monoisotopic (exact) mass is 172 g/mol. The van der Waals surface area contributed by atoms with Crippen LogP contribution in [0.5, 0.6) is 0 Å². The van der Waals surface area contributed by atoms with E-state index in [1.54, 1.807) is 35.5 Å². The van der Waals surface area contributed by atoms with E-state index in [2.05, 4.69) is 21.6 Å². The highest BCUT2D eigenvalue weighted by atomic mass is 15.3. The molecule has 0 saturated carbocycles. The van der Waals surface area contributed by atoms with E-state index in [4.69, 9.17) is 0 Å². The number of nitrogens with zero attached hydrogens (tertiary/aromatic N) is 4. The Bertz CT molecular complexity index is 405. The molecule has 0 saturated heterocycles. The summed E-state index contributed by atoms with van der Waals surface area (Å²) in [6, 6.07) is 0. The van der Waals surface area contributed by atoms with Crippen LogP contribution in [0, 0.1) is 0 Å². The molecule has 0 aliphatic rings. The van der Waals surface area contributed by atoms with Crippen molar-refractivity contribution in [1.82, 2.24) is 19.7 Å². The fraction of sp³-hybridized carbons (Fsp3) is 0. The van der Waals surface area contributed by atoms with Crippen molar-refractivity contribution in [2.24, 2.45) is 0 Å². The third kappa shape index (κ3) is 1.46. The van der Waals surface area contributed by atoms with Gasteiger partial charge in [0.1, 0.15) is 0 Å². The first-order chi connectivity index (χ1) is 6.40. The first-order valence-corrected chi connectivity index (χ1v) is 3.83. The topological polar surface area (TPSA) is 43.6 Å².